The first-order chi connectivity index (χ1) is 7.85. The molecule has 0 aliphatic rings. The van der Waals surface area contributed by atoms with Crippen molar-refractivity contribution in [1.29, 1.82) is 0 Å². The number of halogens is 1. The van der Waals surface area contributed by atoms with E-state index >= 15 is 0 Å². The van der Waals surface area contributed by atoms with Gasteiger partial charge in [-0.1, -0.05) is 25.1 Å². The highest BCUT2D eigenvalue weighted by Crippen LogP contribution is 2.23. The maximum Gasteiger partial charge on any atom is 0.214 e. The molecule has 0 saturated heterocycles. The molecule has 1 aromatic carbocycles. The molecule has 0 saturated carbocycles. The highest BCUT2D eigenvalue weighted by atomic mass is 35.5. The highest BCUT2D eigenvalue weighted by molar-refractivity contribution is 6.18. The van der Waals surface area contributed by atoms with Crippen LogP contribution in [0.2, 0.25) is 0 Å². The summed E-state index contributed by atoms with van der Waals surface area (Å²) >= 11 is 5.93. The fourth-order valence-electron chi connectivity index (χ4n) is 1.61. The summed E-state index contributed by atoms with van der Waals surface area (Å²) in [7, 11) is 0. The van der Waals surface area contributed by atoms with E-state index in [9.17, 15) is 0 Å². The Balaban J connectivity index is 2.46. The van der Waals surface area contributed by atoms with E-state index in [4.69, 9.17) is 16.3 Å². The third-order valence-electron chi connectivity index (χ3n) is 2.38. The van der Waals surface area contributed by atoms with Crippen LogP contribution < -0.4 is 4.74 Å². The molecule has 1 aromatic heterocycles. The van der Waals surface area contributed by atoms with Crippen LogP contribution in [0.15, 0.2) is 30.3 Å². The summed E-state index contributed by atoms with van der Waals surface area (Å²) in [5.41, 5.74) is 2.00. The van der Waals surface area contributed by atoms with Gasteiger partial charge in [-0.3, -0.25) is 0 Å². The minimum atomic E-state index is 0.478. The summed E-state index contributed by atoms with van der Waals surface area (Å²) in [6.45, 7) is 2.76. The van der Waals surface area contributed by atoms with Gasteiger partial charge >= 0.3 is 0 Å². The SMILES string of the molecule is CCCOc1cc(CCl)c2ccccc2n1. The van der Waals surface area contributed by atoms with Gasteiger partial charge in [-0.25, -0.2) is 4.98 Å². The summed E-state index contributed by atoms with van der Waals surface area (Å²) in [6.07, 6.45) is 0.977. The Hall–Kier alpha value is -1.28. The van der Waals surface area contributed by atoms with Gasteiger partial charge in [0.2, 0.25) is 5.88 Å². The molecular weight excluding hydrogens is 222 g/mol. The summed E-state index contributed by atoms with van der Waals surface area (Å²) in [5.74, 6) is 1.14. The van der Waals surface area contributed by atoms with Crippen molar-refractivity contribution < 1.29 is 4.74 Å². The molecule has 84 valence electrons. The van der Waals surface area contributed by atoms with E-state index in [1.54, 1.807) is 0 Å². The third kappa shape index (κ3) is 2.27. The highest BCUT2D eigenvalue weighted by Gasteiger charge is 2.04. The molecule has 2 rings (SSSR count). The number of aromatic nitrogens is 1. The van der Waals surface area contributed by atoms with Crippen molar-refractivity contribution in [1.82, 2.24) is 4.98 Å². The van der Waals surface area contributed by atoms with E-state index in [0.29, 0.717) is 18.4 Å². The lowest BCUT2D eigenvalue weighted by Crippen LogP contribution is -1.98. The van der Waals surface area contributed by atoms with Gasteiger partial charge < -0.3 is 4.74 Å². The average Bonchev–Trinajstić information content (AvgIpc) is 2.35. The molecule has 0 aliphatic heterocycles. The molecule has 0 unspecified atom stereocenters. The van der Waals surface area contributed by atoms with Crippen molar-refractivity contribution in [3.05, 3.63) is 35.9 Å². The largest absolute Gasteiger partial charge is 0.478 e. The molecule has 0 bridgehead atoms. The zero-order valence-electron chi connectivity index (χ0n) is 9.24. The van der Waals surface area contributed by atoms with Gasteiger partial charge in [-0.15, -0.1) is 11.6 Å². The van der Waals surface area contributed by atoms with Crippen LogP contribution in [-0.4, -0.2) is 11.6 Å². The number of para-hydroxylation sites is 1. The lowest BCUT2D eigenvalue weighted by Gasteiger charge is -2.08. The minimum Gasteiger partial charge on any atom is -0.478 e. The summed E-state index contributed by atoms with van der Waals surface area (Å²) in [4.78, 5) is 4.44. The third-order valence-corrected chi connectivity index (χ3v) is 2.66. The smallest absolute Gasteiger partial charge is 0.214 e. The van der Waals surface area contributed by atoms with Crippen LogP contribution in [0.5, 0.6) is 5.88 Å². The van der Waals surface area contributed by atoms with Gasteiger partial charge in [-0.05, 0) is 18.1 Å². The van der Waals surface area contributed by atoms with Gasteiger partial charge in [0.1, 0.15) is 0 Å². The molecule has 2 nitrogen and oxygen atoms in total. The zero-order valence-corrected chi connectivity index (χ0v) is 10.00. The molecule has 2 aromatic rings. The van der Waals surface area contributed by atoms with Crippen LogP contribution in [0, 0.1) is 0 Å². The molecule has 0 atom stereocenters. The van der Waals surface area contributed by atoms with Crippen molar-refractivity contribution in [2.24, 2.45) is 0 Å². The predicted molar refractivity (Wildman–Crippen MR) is 67.1 cm³/mol. The molecule has 0 radical (unpaired) electrons. The summed E-state index contributed by atoms with van der Waals surface area (Å²) in [5, 5.41) is 1.10. The fourth-order valence-corrected chi connectivity index (χ4v) is 1.83. The second-order valence-corrected chi connectivity index (χ2v) is 3.89. The van der Waals surface area contributed by atoms with Crippen molar-refractivity contribution in [2.45, 2.75) is 19.2 Å². The quantitative estimate of drug-likeness (QED) is 0.753. The summed E-state index contributed by atoms with van der Waals surface area (Å²) in [6, 6.07) is 9.89. The normalized spacial score (nSPS) is 10.6. The number of ether oxygens (including phenoxy) is 1. The standard InChI is InChI=1S/C13H14ClNO/c1-2-7-16-13-8-10(9-14)11-5-3-4-6-12(11)15-13/h3-6,8H,2,7,9H2,1H3. The Labute approximate surface area is 100 Å². The Morgan fingerprint density at radius 3 is 2.88 bits per heavy atom. The molecule has 0 fully saturated rings. The van der Waals surface area contributed by atoms with Gasteiger partial charge in [0, 0.05) is 17.3 Å². The number of hydrogen-bond donors (Lipinski definition) is 0. The van der Waals surface area contributed by atoms with E-state index < -0.39 is 0 Å². The van der Waals surface area contributed by atoms with Gasteiger partial charge in [-0.2, -0.15) is 0 Å². The van der Waals surface area contributed by atoms with E-state index in [-0.39, 0.29) is 0 Å². The number of fused-ring (bicyclic) bond motifs is 1. The average molecular weight is 236 g/mol. The Morgan fingerprint density at radius 2 is 2.12 bits per heavy atom. The van der Waals surface area contributed by atoms with Gasteiger partial charge in [0.15, 0.2) is 0 Å². The number of alkyl halides is 1. The fraction of sp³-hybridized carbons (Fsp3) is 0.308. The number of nitrogens with zero attached hydrogens (tertiary/aromatic N) is 1. The predicted octanol–water partition coefficient (Wildman–Crippen LogP) is 3.76. The molecule has 0 aliphatic carbocycles. The lowest BCUT2D eigenvalue weighted by molar-refractivity contribution is 0.306. The van der Waals surface area contributed by atoms with E-state index in [1.165, 1.54) is 0 Å². The molecule has 3 heteroatoms. The number of hydrogen-bond acceptors (Lipinski definition) is 2. The molecule has 0 N–H and O–H groups in total. The monoisotopic (exact) mass is 235 g/mol. The van der Waals surface area contributed by atoms with Crippen molar-refractivity contribution in [3.63, 3.8) is 0 Å². The van der Waals surface area contributed by atoms with E-state index in [1.807, 2.05) is 30.3 Å². The van der Waals surface area contributed by atoms with Crippen LogP contribution in [0.1, 0.15) is 18.9 Å². The summed E-state index contributed by atoms with van der Waals surface area (Å²) < 4.78 is 5.54. The van der Waals surface area contributed by atoms with Crippen molar-refractivity contribution in [2.75, 3.05) is 6.61 Å². The first-order valence-electron chi connectivity index (χ1n) is 5.42. The second-order valence-electron chi connectivity index (χ2n) is 3.62. The molecule has 0 amide bonds. The molecule has 0 spiro atoms. The Morgan fingerprint density at radius 1 is 1.31 bits per heavy atom. The van der Waals surface area contributed by atoms with Gasteiger partial charge in [0.05, 0.1) is 12.1 Å². The Bertz CT molecular complexity index is 484. The second kappa shape index (κ2) is 5.17. The van der Waals surface area contributed by atoms with Crippen LogP contribution in [0.3, 0.4) is 0 Å². The lowest BCUT2D eigenvalue weighted by atomic mass is 10.1. The molecule has 16 heavy (non-hydrogen) atoms. The van der Waals surface area contributed by atoms with E-state index in [2.05, 4.69) is 11.9 Å². The Kier molecular flexibility index (Phi) is 3.62. The van der Waals surface area contributed by atoms with Crippen LogP contribution in [0.4, 0.5) is 0 Å². The maximum absolute atomic E-state index is 5.93. The van der Waals surface area contributed by atoms with E-state index in [0.717, 1.165) is 22.9 Å². The van der Waals surface area contributed by atoms with Crippen LogP contribution in [-0.2, 0) is 5.88 Å². The van der Waals surface area contributed by atoms with Gasteiger partial charge in [0.25, 0.3) is 0 Å². The number of rotatable bonds is 4. The minimum absolute atomic E-state index is 0.478. The van der Waals surface area contributed by atoms with Crippen LogP contribution in [0.25, 0.3) is 10.9 Å². The number of benzene rings is 1. The first kappa shape index (κ1) is 11.2. The zero-order chi connectivity index (χ0) is 11.4. The molecule has 1 heterocycles. The maximum atomic E-state index is 5.93. The van der Waals surface area contributed by atoms with Crippen molar-refractivity contribution >= 4 is 22.5 Å². The molecular formula is C13H14ClNO. The van der Waals surface area contributed by atoms with Crippen LogP contribution >= 0.6 is 11.6 Å². The first-order valence-corrected chi connectivity index (χ1v) is 5.96. The van der Waals surface area contributed by atoms with Crippen molar-refractivity contribution in [3.8, 4) is 5.88 Å². The number of pyridine rings is 1. The topological polar surface area (TPSA) is 22.1 Å².